The lowest BCUT2D eigenvalue weighted by Gasteiger charge is -2.11. The number of aromatic nitrogens is 1. The molecule has 0 fully saturated rings. The Morgan fingerprint density at radius 2 is 2.20 bits per heavy atom. The second-order valence-electron chi connectivity index (χ2n) is 3.89. The molecular weight excluding hydrogens is 258 g/mol. The van der Waals surface area contributed by atoms with Gasteiger partial charge in [-0.05, 0) is 18.2 Å². The molecule has 0 aliphatic rings. The molecule has 6 heteroatoms. The van der Waals surface area contributed by atoms with E-state index in [0.29, 0.717) is 5.75 Å². The number of aromatic amines is 1. The van der Waals surface area contributed by atoms with Crippen molar-refractivity contribution >= 4 is 11.6 Å². The summed E-state index contributed by atoms with van der Waals surface area (Å²) in [7, 11) is 1.44. The van der Waals surface area contributed by atoms with Crippen molar-refractivity contribution in [1.82, 2.24) is 4.98 Å². The zero-order valence-corrected chi connectivity index (χ0v) is 10.6. The van der Waals surface area contributed by atoms with E-state index in [4.69, 9.17) is 10.00 Å². The van der Waals surface area contributed by atoms with Crippen molar-refractivity contribution in [3.05, 3.63) is 58.0 Å². The summed E-state index contributed by atoms with van der Waals surface area (Å²) in [5, 5.41) is 11.6. The first-order valence-electron chi connectivity index (χ1n) is 5.73. The number of nitriles is 1. The normalized spacial score (nSPS) is 9.60. The van der Waals surface area contributed by atoms with Gasteiger partial charge in [0.1, 0.15) is 17.5 Å². The number of para-hydroxylation sites is 1. The lowest BCUT2D eigenvalue weighted by molar-refractivity contribution is 0.102. The number of nitrogens with one attached hydrogen (secondary N) is 2. The predicted octanol–water partition coefficient (Wildman–Crippen LogP) is 1.51. The SMILES string of the molecule is COc1cccc(C#N)c1NC(=O)c1cc[nH]c(=O)c1. The van der Waals surface area contributed by atoms with Crippen molar-refractivity contribution in [2.75, 3.05) is 12.4 Å². The maximum Gasteiger partial charge on any atom is 0.256 e. The number of hydrogen-bond acceptors (Lipinski definition) is 4. The summed E-state index contributed by atoms with van der Waals surface area (Å²) in [6.45, 7) is 0. The molecule has 0 spiro atoms. The fourth-order valence-electron chi connectivity index (χ4n) is 1.69. The molecule has 6 nitrogen and oxygen atoms in total. The lowest BCUT2D eigenvalue weighted by Crippen LogP contribution is -2.16. The number of amides is 1. The molecule has 0 aliphatic heterocycles. The zero-order chi connectivity index (χ0) is 14.5. The highest BCUT2D eigenvalue weighted by molar-refractivity contribution is 6.05. The molecule has 0 saturated carbocycles. The van der Waals surface area contributed by atoms with Crippen molar-refractivity contribution in [3.8, 4) is 11.8 Å². The van der Waals surface area contributed by atoms with Crippen LogP contribution in [0.4, 0.5) is 5.69 Å². The van der Waals surface area contributed by atoms with Gasteiger partial charge in [-0.3, -0.25) is 9.59 Å². The minimum absolute atomic E-state index is 0.198. The highest BCUT2D eigenvalue weighted by Crippen LogP contribution is 2.28. The summed E-state index contributed by atoms with van der Waals surface area (Å²) in [6.07, 6.45) is 1.38. The monoisotopic (exact) mass is 269 g/mol. The molecular formula is C14H11N3O3. The van der Waals surface area contributed by atoms with E-state index in [1.807, 2.05) is 6.07 Å². The number of carbonyl (C=O) groups excluding carboxylic acids is 1. The number of nitrogens with zero attached hydrogens (tertiary/aromatic N) is 1. The summed E-state index contributed by atoms with van der Waals surface area (Å²) in [6, 6.07) is 9.48. The van der Waals surface area contributed by atoms with Gasteiger partial charge in [-0.25, -0.2) is 0 Å². The molecule has 100 valence electrons. The molecule has 0 bridgehead atoms. The van der Waals surface area contributed by atoms with Gasteiger partial charge in [0.05, 0.1) is 12.7 Å². The Morgan fingerprint density at radius 3 is 2.85 bits per heavy atom. The average molecular weight is 269 g/mol. The second kappa shape index (κ2) is 5.71. The Hall–Kier alpha value is -3.07. The molecule has 1 aromatic heterocycles. The highest BCUT2D eigenvalue weighted by atomic mass is 16.5. The third-order valence-electron chi connectivity index (χ3n) is 2.64. The van der Waals surface area contributed by atoms with E-state index < -0.39 is 5.91 Å². The average Bonchev–Trinajstić information content (AvgIpc) is 2.47. The van der Waals surface area contributed by atoms with Gasteiger partial charge in [0.15, 0.2) is 0 Å². The smallest absolute Gasteiger partial charge is 0.256 e. The van der Waals surface area contributed by atoms with Crippen LogP contribution in [0.5, 0.6) is 5.75 Å². The van der Waals surface area contributed by atoms with Crippen LogP contribution < -0.4 is 15.6 Å². The van der Waals surface area contributed by atoms with E-state index in [0.717, 1.165) is 0 Å². The van der Waals surface area contributed by atoms with Crippen LogP contribution in [0.15, 0.2) is 41.3 Å². The molecule has 0 aliphatic carbocycles. The quantitative estimate of drug-likeness (QED) is 0.882. The van der Waals surface area contributed by atoms with Crippen LogP contribution >= 0.6 is 0 Å². The van der Waals surface area contributed by atoms with Crippen LogP contribution in [-0.4, -0.2) is 18.0 Å². The van der Waals surface area contributed by atoms with Crippen molar-refractivity contribution in [1.29, 1.82) is 5.26 Å². The van der Waals surface area contributed by atoms with Gasteiger partial charge >= 0.3 is 0 Å². The number of methoxy groups -OCH3 is 1. The van der Waals surface area contributed by atoms with E-state index in [9.17, 15) is 9.59 Å². The van der Waals surface area contributed by atoms with Crippen LogP contribution in [0.1, 0.15) is 15.9 Å². The summed E-state index contributed by atoms with van der Waals surface area (Å²) in [5.74, 6) is -0.112. The largest absolute Gasteiger partial charge is 0.495 e. The third-order valence-corrected chi connectivity index (χ3v) is 2.64. The van der Waals surface area contributed by atoms with Crippen LogP contribution in [0.2, 0.25) is 0 Å². The van der Waals surface area contributed by atoms with Crippen LogP contribution in [0.3, 0.4) is 0 Å². The molecule has 1 amide bonds. The first kappa shape index (κ1) is 13.4. The number of rotatable bonds is 3. The maximum atomic E-state index is 12.1. The molecule has 2 aromatic rings. The first-order valence-corrected chi connectivity index (χ1v) is 5.73. The van der Waals surface area contributed by atoms with Crippen molar-refractivity contribution < 1.29 is 9.53 Å². The predicted molar refractivity (Wildman–Crippen MR) is 72.7 cm³/mol. The van der Waals surface area contributed by atoms with Crippen LogP contribution in [0, 0.1) is 11.3 Å². The number of benzene rings is 1. The van der Waals surface area contributed by atoms with Gasteiger partial charge in [-0.2, -0.15) is 5.26 Å². The third kappa shape index (κ3) is 2.67. The second-order valence-corrected chi connectivity index (χ2v) is 3.89. The Morgan fingerprint density at radius 1 is 1.40 bits per heavy atom. The Labute approximate surface area is 114 Å². The number of anilines is 1. The van der Waals surface area contributed by atoms with E-state index in [1.165, 1.54) is 25.4 Å². The van der Waals surface area contributed by atoms with Crippen molar-refractivity contribution in [2.45, 2.75) is 0 Å². The summed E-state index contributed by atoms with van der Waals surface area (Å²) >= 11 is 0. The Balaban J connectivity index is 2.37. The minimum Gasteiger partial charge on any atom is -0.495 e. The highest BCUT2D eigenvalue weighted by Gasteiger charge is 2.13. The first-order chi connectivity index (χ1) is 9.65. The molecule has 20 heavy (non-hydrogen) atoms. The Kier molecular flexibility index (Phi) is 3.82. The molecule has 0 unspecified atom stereocenters. The van der Waals surface area contributed by atoms with Gasteiger partial charge in [0.25, 0.3) is 5.91 Å². The zero-order valence-electron chi connectivity index (χ0n) is 10.6. The number of H-pyrrole nitrogens is 1. The van der Waals surface area contributed by atoms with Gasteiger partial charge in [-0.15, -0.1) is 0 Å². The standard InChI is InChI=1S/C14H11N3O3/c1-20-11-4-2-3-10(8-15)13(11)17-14(19)9-5-6-16-12(18)7-9/h2-7H,1H3,(H,16,18)(H,17,19). The number of hydrogen-bond donors (Lipinski definition) is 2. The van der Waals surface area contributed by atoms with Crippen LogP contribution in [-0.2, 0) is 0 Å². The number of carbonyl (C=O) groups is 1. The van der Waals surface area contributed by atoms with Gasteiger partial charge in [0, 0.05) is 17.8 Å². The lowest BCUT2D eigenvalue weighted by atomic mass is 10.1. The maximum absolute atomic E-state index is 12.1. The van der Waals surface area contributed by atoms with Gasteiger partial charge in [-0.1, -0.05) is 6.07 Å². The van der Waals surface area contributed by atoms with E-state index >= 15 is 0 Å². The molecule has 2 rings (SSSR count). The van der Waals surface area contributed by atoms with E-state index in [1.54, 1.807) is 18.2 Å². The van der Waals surface area contributed by atoms with E-state index in [2.05, 4.69) is 10.3 Å². The molecule has 0 atom stereocenters. The number of pyridine rings is 1. The van der Waals surface area contributed by atoms with Crippen molar-refractivity contribution in [2.24, 2.45) is 0 Å². The molecule has 0 saturated heterocycles. The molecule has 1 aromatic carbocycles. The Bertz CT molecular complexity index is 744. The fraction of sp³-hybridized carbons (Fsp3) is 0.0714. The van der Waals surface area contributed by atoms with Gasteiger partial charge < -0.3 is 15.0 Å². The number of ether oxygens (including phenoxy) is 1. The molecule has 0 radical (unpaired) electrons. The molecule has 2 N–H and O–H groups in total. The minimum atomic E-state index is -0.489. The van der Waals surface area contributed by atoms with Crippen LogP contribution in [0.25, 0.3) is 0 Å². The van der Waals surface area contributed by atoms with E-state index in [-0.39, 0.29) is 22.4 Å². The molecule has 1 heterocycles. The summed E-state index contributed by atoms with van der Waals surface area (Å²) < 4.78 is 5.11. The van der Waals surface area contributed by atoms with Gasteiger partial charge in [0.2, 0.25) is 5.56 Å². The van der Waals surface area contributed by atoms with Crippen molar-refractivity contribution in [3.63, 3.8) is 0 Å². The summed E-state index contributed by atoms with van der Waals surface area (Å²) in [5.41, 5.74) is 0.382. The topological polar surface area (TPSA) is 95.0 Å². The summed E-state index contributed by atoms with van der Waals surface area (Å²) in [4.78, 5) is 25.7. The fourth-order valence-corrected chi connectivity index (χ4v) is 1.69.